The Kier molecular flexibility index (Phi) is 41.4. The maximum Gasteiger partial charge on any atom is -0.00489 e. The van der Waals surface area contributed by atoms with Crippen molar-refractivity contribution in [2.24, 2.45) is 11.5 Å². The van der Waals surface area contributed by atoms with Crippen molar-refractivity contribution in [1.82, 2.24) is 5.32 Å². The molecule has 0 heterocycles. The van der Waals surface area contributed by atoms with Crippen molar-refractivity contribution in [2.75, 3.05) is 26.2 Å². The van der Waals surface area contributed by atoms with Crippen LogP contribution < -0.4 is 16.8 Å². The highest BCUT2D eigenvalue weighted by atomic mass is 35.5. The van der Waals surface area contributed by atoms with E-state index in [-0.39, 0.29) is 37.2 Å². The van der Waals surface area contributed by atoms with Gasteiger partial charge in [-0.15, -0.1) is 37.2 Å². The van der Waals surface area contributed by atoms with E-state index in [0.717, 1.165) is 13.1 Å². The monoisotopic (exact) mass is 379 g/mol. The van der Waals surface area contributed by atoms with E-state index in [1.807, 2.05) is 0 Å². The molecule has 0 saturated carbocycles. The Bertz CT molecular complexity index is 148. The van der Waals surface area contributed by atoms with Crippen molar-refractivity contribution in [3.05, 3.63) is 0 Å². The predicted molar refractivity (Wildman–Crippen MR) is 108 cm³/mol. The molecule has 0 saturated heterocycles. The zero-order chi connectivity index (χ0) is 14.0. The molecule has 0 aliphatic heterocycles. The van der Waals surface area contributed by atoms with Gasteiger partial charge in [-0.2, -0.15) is 0 Å². The third-order valence-electron chi connectivity index (χ3n) is 3.62. The highest BCUT2D eigenvalue weighted by molar-refractivity contribution is 5.86. The van der Waals surface area contributed by atoms with Gasteiger partial charge in [0.25, 0.3) is 0 Å². The van der Waals surface area contributed by atoms with Crippen LogP contribution in [0.3, 0.4) is 0 Å². The fraction of sp³-hybridized carbons (Fsp3) is 1.00. The van der Waals surface area contributed by atoms with Crippen LogP contribution in [0.5, 0.6) is 0 Å². The lowest BCUT2D eigenvalue weighted by molar-refractivity contribution is 0.540. The molecule has 0 aromatic rings. The Balaban J connectivity index is -0.000000540. The number of unbranched alkanes of at least 4 members (excludes halogenated alkanes) is 10. The summed E-state index contributed by atoms with van der Waals surface area (Å²) in [6.45, 7) is 4.11. The largest absolute Gasteiger partial charge is 0.330 e. The maximum absolute atomic E-state index is 5.47. The van der Waals surface area contributed by atoms with E-state index in [0.29, 0.717) is 0 Å². The van der Waals surface area contributed by atoms with E-state index >= 15 is 0 Å². The number of halogens is 3. The van der Waals surface area contributed by atoms with Crippen LogP contribution in [0.4, 0.5) is 0 Å². The second kappa shape index (κ2) is 29.7. The van der Waals surface area contributed by atoms with Crippen molar-refractivity contribution >= 4 is 37.2 Å². The van der Waals surface area contributed by atoms with Gasteiger partial charge in [-0.3, -0.25) is 0 Å². The van der Waals surface area contributed by atoms with Gasteiger partial charge in [0.15, 0.2) is 0 Å². The predicted octanol–water partition coefficient (Wildman–Crippen LogP) is 4.44. The molecule has 0 bridgehead atoms. The number of hydrogen-bond donors (Lipinski definition) is 3. The fourth-order valence-corrected chi connectivity index (χ4v) is 2.33. The van der Waals surface area contributed by atoms with Gasteiger partial charge in [-0.05, 0) is 51.9 Å². The Morgan fingerprint density at radius 1 is 0.409 bits per heavy atom. The molecule has 3 nitrogen and oxygen atoms in total. The summed E-state index contributed by atoms with van der Waals surface area (Å²) in [5, 5.41) is 3.55. The average Bonchev–Trinajstić information content (AvgIpc) is 2.43. The van der Waals surface area contributed by atoms with Crippen molar-refractivity contribution in [3.63, 3.8) is 0 Å². The molecule has 5 N–H and O–H groups in total. The third-order valence-corrected chi connectivity index (χ3v) is 3.62. The van der Waals surface area contributed by atoms with Crippen LogP contribution in [0.1, 0.15) is 77.0 Å². The number of rotatable bonds is 16. The summed E-state index contributed by atoms with van der Waals surface area (Å²) in [6.07, 6.45) is 15.9. The van der Waals surface area contributed by atoms with E-state index in [1.165, 1.54) is 90.1 Å². The topological polar surface area (TPSA) is 64.1 Å². The Hall–Kier alpha value is 0.750. The van der Waals surface area contributed by atoms with E-state index in [9.17, 15) is 0 Å². The van der Waals surface area contributed by atoms with Crippen molar-refractivity contribution < 1.29 is 0 Å². The van der Waals surface area contributed by atoms with Gasteiger partial charge in [-0.25, -0.2) is 0 Å². The summed E-state index contributed by atoms with van der Waals surface area (Å²) in [4.78, 5) is 0. The van der Waals surface area contributed by atoms with E-state index in [4.69, 9.17) is 11.5 Å². The number of nitrogens with one attached hydrogen (secondary N) is 1. The molecule has 22 heavy (non-hydrogen) atoms. The normalized spacial score (nSPS) is 9.55. The molecular weight excluding hydrogens is 341 g/mol. The first kappa shape index (κ1) is 30.6. The van der Waals surface area contributed by atoms with Crippen molar-refractivity contribution in [3.8, 4) is 0 Å². The van der Waals surface area contributed by atoms with Gasteiger partial charge in [-0.1, -0.05) is 51.4 Å². The second-order valence-electron chi connectivity index (χ2n) is 5.57. The summed E-state index contributed by atoms with van der Waals surface area (Å²) in [7, 11) is 0. The lowest BCUT2D eigenvalue weighted by Gasteiger charge is -2.05. The molecule has 0 atom stereocenters. The van der Waals surface area contributed by atoms with Crippen LogP contribution >= 0.6 is 37.2 Å². The highest BCUT2D eigenvalue weighted by Gasteiger charge is 1.93. The molecule has 0 aliphatic rings. The fourth-order valence-electron chi connectivity index (χ4n) is 2.33. The molecule has 0 aromatic carbocycles. The van der Waals surface area contributed by atoms with Gasteiger partial charge in [0.05, 0.1) is 0 Å². The van der Waals surface area contributed by atoms with Gasteiger partial charge in [0.2, 0.25) is 0 Å². The molecule has 140 valence electrons. The first-order valence-electron chi connectivity index (χ1n) is 8.52. The Morgan fingerprint density at radius 3 is 1.00 bits per heavy atom. The minimum atomic E-state index is 0. The summed E-state index contributed by atoms with van der Waals surface area (Å²) >= 11 is 0. The second-order valence-corrected chi connectivity index (χ2v) is 5.57. The van der Waals surface area contributed by atoms with Crippen LogP contribution in [0.15, 0.2) is 0 Å². The molecule has 0 aliphatic carbocycles. The van der Waals surface area contributed by atoms with Crippen LogP contribution in [-0.2, 0) is 0 Å². The first-order chi connectivity index (χ1) is 9.41. The quantitative estimate of drug-likeness (QED) is 0.347. The lowest BCUT2D eigenvalue weighted by Crippen LogP contribution is -2.16. The van der Waals surface area contributed by atoms with Gasteiger partial charge in [0.1, 0.15) is 0 Å². The van der Waals surface area contributed by atoms with Crippen molar-refractivity contribution in [1.29, 1.82) is 0 Å². The molecule has 0 amide bonds. The minimum Gasteiger partial charge on any atom is -0.330 e. The van der Waals surface area contributed by atoms with E-state index < -0.39 is 0 Å². The number of nitrogens with two attached hydrogens (primary N) is 2. The summed E-state index contributed by atoms with van der Waals surface area (Å²) in [5.41, 5.74) is 10.9. The standard InChI is InChI=1S/C16H37N3.3ClH/c17-13-9-5-1-3-7-11-15-19-16-12-8-4-2-6-10-14-18;;;/h19H,1-18H2;3*1H. The zero-order valence-corrected chi connectivity index (χ0v) is 16.6. The summed E-state index contributed by atoms with van der Waals surface area (Å²) < 4.78 is 0. The SMILES string of the molecule is Cl.Cl.Cl.NCCCCCCCCNCCCCCCCCN. The highest BCUT2D eigenvalue weighted by Crippen LogP contribution is 2.05. The molecule has 0 unspecified atom stereocenters. The molecule has 0 rings (SSSR count). The molecule has 0 spiro atoms. The lowest BCUT2D eigenvalue weighted by atomic mass is 10.1. The molecule has 0 fully saturated rings. The van der Waals surface area contributed by atoms with Crippen LogP contribution in [0.2, 0.25) is 0 Å². The molecular formula is C16H40Cl3N3. The van der Waals surface area contributed by atoms with Crippen LogP contribution in [0, 0.1) is 0 Å². The van der Waals surface area contributed by atoms with Gasteiger partial charge >= 0.3 is 0 Å². The molecule has 0 radical (unpaired) electrons. The van der Waals surface area contributed by atoms with Gasteiger partial charge < -0.3 is 16.8 Å². The zero-order valence-electron chi connectivity index (χ0n) is 14.2. The average molecular weight is 381 g/mol. The number of hydrogen-bond acceptors (Lipinski definition) is 3. The molecule has 0 aromatic heterocycles. The van der Waals surface area contributed by atoms with Crippen LogP contribution in [0.25, 0.3) is 0 Å². The Morgan fingerprint density at radius 2 is 0.682 bits per heavy atom. The van der Waals surface area contributed by atoms with Crippen molar-refractivity contribution in [2.45, 2.75) is 77.0 Å². The van der Waals surface area contributed by atoms with Crippen LogP contribution in [-0.4, -0.2) is 26.2 Å². The first-order valence-corrected chi connectivity index (χ1v) is 8.52. The third kappa shape index (κ3) is 28.8. The summed E-state index contributed by atoms with van der Waals surface area (Å²) in [6, 6.07) is 0. The molecule has 6 heteroatoms. The smallest absolute Gasteiger partial charge is 0.00489 e. The minimum absolute atomic E-state index is 0. The van der Waals surface area contributed by atoms with E-state index in [1.54, 1.807) is 0 Å². The Labute approximate surface area is 157 Å². The maximum atomic E-state index is 5.47. The summed E-state index contributed by atoms with van der Waals surface area (Å²) in [5.74, 6) is 0. The van der Waals surface area contributed by atoms with Gasteiger partial charge in [0, 0.05) is 0 Å². The van der Waals surface area contributed by atoms with E-state index in [2.05, 4.69) is 5.32 Å².